The molecular weight excluding hydrogens is 330 g/mol. The van der Waals surface area contributed by atoms with Crippen molar-refractivity contribution < 1.29 is 14.4 Å². The van der Waals surface area contributed by atoms with Gasteiger partial charge in [-0.15, -0.1) is 0 Å². The smallest absolute Gasteiger partial charge is 0.312 e. The zero-order valence-electron chi connectivity index (χ0n) is 17.9. The molecule has 0 aliphatic carbocycles. The van der Waals surface area contributed by atoms with Crippen molar-refractivity contribution in [2.24, 2.45) is 23.0 Å². The third-order valence-electron chi connectivity index (χ3n) is 4.19. The maximum absolute atomic E-state index is 12.9. The number of hydrogen-bond donors (Lipinski definition) is 3. The van der Waals surface area contributed by atoms with Gasteiger partial charge in [-0.3, -0.25) is 9.59 Å². The Morgan fingerprint density at radius 3 is 1.92 bits per heavy atom. The van der Waals surface area contributed by atoms with Crippen LogP contribution in [0, 0.1) is 17.3 Å². The molecule has 0 heterocycles. The molecule has 0 spiro atoms. The van der Waals surface area contributed by atoms with Crippen molar-refractivity contribution in [1.82, 2.24) is 10.6 Å². The zero-order chi connectivity index (χ0) is 20.7. The van der Waals surface area contributed by atoms with Gasteiger partial charge in [0.05, 0.1) is 6.04 Å². The Morgan fingerprint density at radius 2 is 1.54 bits per heavy atom. The number of rotatable bonds is 10. The van der Waals surface area contributed by atoms with Crippen LogP contribution in [0.1, 0.15) is 74.7 Å². The van der Waals surface area contributed by atoms with Gasteiger partial charge in [-0.2, -0.15) is 0 Å². The summed E-state index contributed by atoms with van der Waals surface area (Å²) in [6, 6.07) is -0.858. The standard InChI is InChI=1S/C20H39N3O3/c1-13(2)16(23-20(6,7)8)15(24)12-14(17(25)19(3,4)5)10-9-11-22-18(21)26/h13-14,16,23H,9-12H2,1-8H3,(H3,21,22,26). The fraction of sp³-hybridized carbons (Fsp3) is 0.850. The molecule has 152 valence electrons. The Labute approximate surface area is 159 Å². The first-order valence-electron chi connectivity index (χ1n) is 9.53. The molecular formula is C20H39N3O3. The Balaban J connectivity index is 5.14. The number of carbonyl (C=O) groups excluding carboxylic acids is 3. The van der Waals surface area contributed by atoms with Crippen LogP contribution >= 0.6 is 0 Å². The minimum atomic E-state index is -0.575. The molecule has 0 saturated carbocycles. The molecule has 0 aromatic carbocycles. The number of amides is 2. The average molecular weight is 370 g/mol. The van der Waals surface area contributed by atoms with Crippen LogP contribution in [0.4, 0.5) is 4.79 Å². The van der Waals surface area contributed by atoms with Crippen LogP contribution in [0.15, 0.2) is 0 Å². The van der Waals surface area contributed by atoms with Gasteiger partial charge in [-0.05, 0) is 39.5 Å². The van der Waals surface area contributed by atoms with E-state index in [0.717, 1.165) is 0 Å². The first-order chi connectivity index (χ1) is 11.6. The van der Waals surface area contributed by atoms with Crippen LogP contribution in [-0.2, 0) is 9.59 Å². The SMILES string of the molecule is CC(C)C(NC(C)(C)C)C(=O)CC(CCCNC(N)=O)C(=O)C(C)(C)C. The molecule has 0 fully saturated rings. The maximum atomic E-state index is 12.9. The lowest BCUT2D eigenvalue weighted by Crippen LogP contribution is -2.51. The number of nitrogens with one attached hydrogen (secondary N) is 2. The quantitative estimate of drug-likeness (QED) is 0.515. The highest BCUT2D eigenvalue weighted by Crippen LogP contribution is 2.27. The van der Waals surface area contributed by atoms with Crippen molar-refractivity contribution in [1.29, 1.82) is 0 Å². The summed E-state index contributed by atoms with van der Waals surface area (Å²) >= 11 is 0. The summed E-state index contributed by atoms with van der Waals surface area (Å²) < 4.78 is 0. The summed E-state index contributed by atoms with van der Waals surface area (Å²) in [7, 11) is 0. The molecule has 26 heavy (non-hydrogen) atoms. The van der Waals surface area contributed by atoms with Gasteiger partial charge >= 0.3 is 6.03 Å². The Kier molecular flexibility index (Phi) is 9.49. The van der Waals surface area contributed by atoms with Gasteiger partial charge in [0.25, 0.3) is 0 Å². The number of urea groups is 1. The molecule has 2 atom stereocenters. The molecule has 2 amide bonds. The van der Waals surface area contributed by atoms with E-state index in [9.17, 15) is 14.4 Å². The van der Waals surface area contributed by atoms with E-state index in [1.54, 1.807) is 0 Å². The summed E-state index contributed by atoms with van der Waals surface area (Å²) in [6.45, 7) is 16.2. The largest absolute Gasteiger partial charge is 0.352 e. The molecule has 0 bridgehead atoms. The van der Waals surface area contributed by atoms with Crippen molar-refractivity contribution in [3.8, 4) is 0 Å². The summed E-state index contributed by atoms with van der Waals surface area (Å²) in [5.74, 6) is -0.0487. The highest BCUT2D eigenvalue weighted by atomic mass is 16.2. The summed E-state index contributed by atoms with van der Waals surface area (Å²) in [5.41, 5.74) is 4.38. The topological polar surface area (TPSA) is 101 Å². The van der Waals surface area contributed by atoms with Crippen molar-refractivity contribution in [2.45, 2.75) is 86.2 Å². The molecule has 0 aliphatic heterocycles. The fourth-order valence-electron chi connectivity index (χ4n) is 2.95. The number of ketones is 2. The van der Waals surface area contributed by atoms with Gasteiger partial charge in [0.15, 0.2) is 5.78 Å². The van der Waals surface area contributed by atoms with Crippen LogP contribution in [-0.4, -0.2) is 35.7 Å². The van der Waals surface area contributed by atoms with E-state index >= 15 is 0 Å². The van der Waals surface area contributed by atoms with Crippen LogP contribution in [0.5, 0.6) is 0 Å². The molecule has 6 heteroatoms. The monoisotopic (exact) mass is 369 g/mol. The van der Waals surface area contributed by atoms with E-state index in [2.05, 4.69) is 10.6 Å². The number of nitrogens with two attached hydrogens (primary N) is 1. The molecule has 4 N–H and O–H groups in total. The Hall–Kier alpha value is -1.43. The number of Topliss-reactive ketones (excluding diaryl/α,β-unsaturated/α-hetero) is 2. The normalized spacial score (nSPS) is 14.8. The summed E-state index contributed by atoms with van der Waals surface area (Å²) in [5, 5.41) is 5.92. The van der Waals surface area contributed by atoms with Crippen LogP contribution in [0.3, 0.4) is 0 Å². The second kappa shape index (κ2) is 10.0. The van der Waals surface area contributed by atoms with Crippen molar-refractivity contribution in [3.63, 3.8) is 0 Å². The van der Waals surface area contributed by atoms with E-state index in [4.69, 9.17) is 5.73 Å². The van der Waals surface area contributed by atoms with Crippen LogP contribution in [0.25, 0.3) is 0 Å². The summed E-state index contributed by atoms with van der Waals surface area (Å²) in [6.07, 6.45) is 1.39. The highest BCUT2D eigenvalue weighted by molar-refractivity contribution is 5.92. The van der Waals surface area contributed by atoms with Gasteiger partial charge in [0.1, 0.15) is 5.78 Å². The van der Waals surface area contributed by atoms with Gasteiger partial charge in [-0.25, -0.2) is 4.79 Å². The number of carbonyl (C=O) groups is 3. The number of primary amides is 1. The molecule has 0 saturated heterocycles. The highest BCUT2D eigenvalue weighted by Gasteiger charge is 2.34. The third-order valence-corrected chi connectivity index (χ3v) is 4.19. The molecule has 0 radical (unpaired) electrons. The summed E-state index contributed by atoms with van der Waals surface area (Å²) in [4.78, 5) is 36.6. The molecule has 0 aromatic rings. The van der Waals surface area contributed by atoms with Gasteiger partial charge in [0, 0.05) is 29.8 Å². The van der Waals surface area contributed by atoms with Crippen LogP contribution < -0.4 is 16.4 Å². The maximum Gasteiger partial charge on any atom is 0.312 e. The van der Waals surface area contributed by atoms with E-state index < -0.39 is 11.4 Å². The van der Waals surface area contributed by atoms with Crippen molar-refractivity contribution in [2.75, 3.05) is 6.54 Å². The van der Waals surface area contributed by atoms with E-state index in [-0.39, 0.29) is 41.4 Å². The Bertz CT molecular complexity index is 488. The van der Waals surface area contributed by atoms with Gasteiger partial charge in [-0.1, -0.05) is 34.6 Å². The minimum Gasteiger partial charge on any atom is -0.352 e. The third kappa shape index (κ3) is 9.90. The molecule has 6 nitrogen and oxygen atoms in total. The van der Waals surface area contributed by atoms with E-state index in [1.165, 1.54) is 0 Å². The van der Waals surface area contributed by atoms with E-state index in [1.807, 2.05) is 55.4 Å². The van der Waals surface area contributed by atoms with E-state index in [0.29, 0.717) is 19.4 Å². The minimum absolute atomic E-state index is 0.0698. The van der Waals surface area contributed by atoms with Gasteiger partial charge < -0.3 is 16.4 Å². The lowest BCUT2D eigenvalue weighted by molar-refractivity contribution is -0.134. The number of hydrogen-bond acceptors (Lipinski definition) is 4. The second-order valence-electron chi connectivity index (χ2n) is 9.53. The molecule has 0 aromatic heterocycles. The molecule has 0 aliphatic rings. The van der Waals surface area contributed by atoms with Crippen molar-refractivity contribution in [3.05, 3.63) is 0 Å². The predicted octanol–water partition coefficient (Wildman–Crippen LogP) is 3.04. The predicted molar refractivity (Wildman–Crippen MR) is 106 cm³/mol. The zero-order valence-corrected chi connectivity index (χ0v) is 17.9. The average Bonchev–Trinajstić information content (AvgIpc) is 2.44. The van der Waals surface area contributed by atoms with Gasteiger partial charge in [0.2, 0.25) is 0 Å². The first kappa shape index (κ1) is 24.6. The fourth-order valence-corrected chi connectivity index (χ4v) is 2.95. The second-order valence-corrected chi connectivity index (χ2v) is 9.53. The first-order valence-corrected chi connectivity index (χ1v) is 9.53. The lowest BCUT2D eigenvalue weighted by atomic mass is 9.77. The van der Waals surface area contributed by atoms with Crippen LogP contribution in [0.2, 0.25) is 0 Å². The Morgan fingerprint density at radius 1 is 1.00 bits per heavy atom. The lowest BCUT2D eigenvalue weighted by Gasteiger charge is -2.32. The van der Waals surface area contributed by atoms with Crippen molar-refractivity contribution >= 4 is 17.6 Å². The molecule has 2 unspecified atom stereocenters. The molecule has 0 rings (SSSR count).